The first-order valence-electron chi connectivity index (χ1n) is 11.3. The third kappa shape index (κ3) is 4.32. The number of ether oxygens (including phenoxy) is 1. The Bertz CT molecular complexity index is 1150. The quantitative estimate of drug-likeness (QED) is 0.420. The highest BCUT2D eigenvalue weighted by molar-refractivity contribution is 8.00. The molecule has 1 aromatic heterocycles. The van der Waals surface area contributed by atoms with E-state index >= 15 is 0 Å². The first-order chi connectivity index (χ1) is 15.7. The molecule has 5 rings (SSSR count). The average molecular weight is 450 g/mol. The van der Waals surface area contributed by atoms with Crippen molar-refractivity contribution in [1.82, 2.24) is 14.5 Å². The highest BCUT2D eigenvalue weighted by atomic mass is 32.2. The Labute approximate surface area is 191 Å². The van der Waals surface area contributed by atoms with Gasteiger partial charge in [0, 0.05) is 19.7 Å². The fourth-order valence-electron chi connectivity index (χ4n) is 4.49. The van der Waals surface area contributed by atoms with Crippen LogP contribution in [0.2, 0.25) is 0 Å². The molecular formula is C25H27N3O3S. The van der Waals surface area contributed by atoms with Crippen molar-refractivity contribution in [1.29, 1.82) is 0 Å². The molecule has 7 heteroatoms. The van der Waals surface area contributed by atoms with Gasteiger partial charge < -0.3 is 9.64 Å². The maximum Gasteiger partial charge on any atom is 0.262 e. The average Bonchev–Trinajstić information content (AvgIpc) is 3.54. The third-order valence-corrected chi connectivity index (χ3v) is 7.44. The minimum absolute atomic E-state index is 0.000490. The molecule has 32 heavy (non-hydrogen) atoms. The molecule has 1 amide bonds. The van der Waals surface area contributed by atoms with Gasteiger partial charge in [-0.25, -0.2) is 4.98 Å². The summed E-state index contributed by atoms with van der Waals surface area (Å²) in [5, 5.41) is 0.723. The second kappa shape index (κ2) is 9.46. The standard InChI is InChI=1S/C25H27N3O3S/c29-23-20-12-4-5-13-21(20)26-25(28(23)17-19-11-8-16-31-19)32-22(18-9-2-1-3-10-18)24(30)27-14-6-7-15-27/h1-5,9-10,12-13,19,22H,6-8,11,14-17H2/t19-,22+/m0/s1. The second-order valence-electron chi connectivity index (χ2n) is 8.40. The van der Waals surface area contributed by atoms with Crippen molar-refractivity contribution in [3.05, 3.63) is 70.5 Å². The van der Waals surface area contributed by atoms with Crippen molar-refractivity contribution >= 4 is 28.6 Å². The molecule has 0 aliphatic carbocycles. The van der Waals surface area contributed by atoms with Gasteiger partial charge in [0.2, 0.25) is 5.91 Å². The number of benzene rings is 2. The van der Waals surface area contributed by atoms with Crippen LogP contribution in [0, 0.1) is 0 Å². The van der Waals surface area contributed by atoms with Crippen molar-refractivity contribution in [2.45, 2.75) is 48.7 Å². The van der Waals surface area contributed by atoms with E-state index in [1.165, 1.54) is 11.8 Å². The maximum atomic E-state index is 13.5. The number of amides is 1. The fourth-order valence-corrected chi connectivity index (χ4v) is 5.68. The van der Waals surface area contributed by atoms with Crippen molar-refractivity contribution < 1.29 is 9.53 Å². The molecule has 2 aromatic carbocycles. The topological polar surface area (TPSA) is 64.4 Å². The number of aromatic nitrogens is 2. The molecule has 0 N–H and O–H groups in total. The summed E-state index contributed by atoms with van der Waals surface area (Å²) in [6.07, 6.45) is 4.01. The van der Waals surface area contributed by atoms with E-state index in [-0.39, 0.29) is 17.6 Å². The number of likely N-dealkylation sites (tertiary alicyclic amines) is 1. The number of hydrogen-bond acceptors (Lipinski definition) is 5. The summed E-state index contributed by atoms with van der Waals surface area (Å²) in [7, 11) is 0. The first kappa shape index (κ1) is 21.2. The summed E-state index contributed by atoms with van der Waals surface area (Å²) in [5.41, 5.74) is 1.51. The highest BCUT2D eigenvalue weighted by Gasteiger charge is 2.31. The molecule has 0 bridgehead atoms. The molecule has 2 aliphatic rings. The molecule has 0 radical (unpaired) electrons. The van der Waals surface area contributed by atoms with E-state index in [2.05, 4.69) is 0 Å². The van der Waals surface area contributed by atoms with E-state index in [0.717, 1.165) is 50.9 Å². The molecule has 2 atom stereocenters. The molecule has 0 unspecified atom stereocenters. The molecule has 0 spiro atoms. The smallest absolute Gasteiger partial charge is 0.262 e. The minimum Gasteiger partial charge on any atom is -0.376 e. The lowest BCUT2D eigenvalue weighted by Crippen LogP contribution is -2.33. The van der Waals surface area contributed by atoms with Crippen molar-refractivity contribution in [2.75, 3.05) is 19.7 Å². The molecular weight excluding hydrogens is 422 g/mol. The van der Waals surface area contributed by atoms with E-state index in [4.69, 9.17) is 9.72 Å². The Hall–Kier alpha value is -2.64. The van der Waals surface area contributed by atoms with Gasteiger partial charge in [0.25, 0.3) is 5.56 Å². The van der Waals surface area contributed by atoms with Gasteiger partial charge in [-0.3, -0.25) is 14.2 Å². The van der Waals surface area contributed by atoms with Gasteiger partial charge in [-0.15, -0.1) is 0 Å². The highest BCUT2D eigenvalue weighted by Crippen LogP contribution is 2.37. The Balaban J connectivity index is 1.57. The van der Waals surface area contributed by atoms with Crippen molar-refractivity contribution in [3.8, 4) is 0 Å². The Kier molecular flexibility index (Phi) is 6.28. The van der Waals surface area contributed by atoms with Crippen LogP contribution < -0.4 is 5.56 Å². The van der Waals surface area contributed by atoms with Crippen molar-refractivity contribution in [3.63, 3.8) is 0 Å². The Morgan fingerprint density at radius 1 is 1.06 bits per heavy atom. The molecule has 3 heterocycles. The first-order valence-corrected chi connectivity index (χ1v) is 12.2. The van der Waals surface area contributed by atoms with Gasteiger partial charge >= 0.3 is 0 Å². The number of rotatable bonds is 6. The monoisotopic (exact) mass is 449 g/mol. The maximum absolute atomic E-state index is 13.5. The largest absolute Gasteiger partial charge is 0.376 e. The molecule has 3 aromatic rings. The van der Waals surface area contributed by atoms with E-state index in [1.807, 2.05) is 59.5 Å². The fraction of sp³-hybridized carbons (Fsp3) is 0.400. The number of carbonyl (C=O) groups excluding carboxylic acids is 1. The lowest BCUT2D eigenvalue weighted by atomic mass is 10.1. The predicted octanol–water partition coefficient (Wildman–Crippen LogP) is 4.03. The third-order valence-electron chi connectivity index (χ3n) is 6.20. The van der Waals surface area contributed by atoms with E-state index < -0.39 is 5.25 Å². The normalized spacial score (nSPS) is 19.5. The molecule has 2 fully saturated rings. The summed E-state index contributed by atoms with van der Waals surface area (Å²) < 4.78 is 7.54. The van der Waals surface area contributed by atoms with Gasteiger partial charge in [-0.2, -0.15) is 0 Å². The summed E-state index contributed by atoms with van der Waals surface area (Å²) >= 11 is 1.38. The van der Waals surface area contributed by atoms with Crippen LogP contribution in [0.5, 0.6) is 0 Å². The van der Waals surface area contributed by atoms with Gasteiger partial charge in [0.1, 0.15) is 5.25 Å². The van der Waals surface area contributed by atoms with Gasteiger partial charge in [0.05, 0.1) is 23.6 Å². The van der Waals surface area contributed by atoms with Crippen LogP contribution in [0.25, 0.3) is 10.9 Å². The number of carbonyl (C=O) groups is 1. The molecule has 166 valence electrons. The number of para-hydroxylation sites is 1. The van der Waals surface area contributed by atoms with Crippen LogP contribution >= 0.6 is 11.8 Å². The number of nitrogens with zero attached hydrogens (tertiary/aromatic N) is 3. The summed E-state index contributed by atoms with van der Waals surface area (Å²) in [6, 6.07) is 17.2. The van der Waals surface area contributed by atoms with Crippen LogP contribution in [0.3, 0.4) is 0 Å². The zero-order chi connectivity index (χ0) is 21.9. The van der Waals surface area contributed by atoms with Crippen LogP contribution in [-0.4, -0.2) is 46.2 Å². The van der Waals surface area contributed by atoms with Crippen LogP contribution in [0.15, 0.2) is 64.5 Å². The zero-order valence-electron chi connectivity index (χ0n) is 18.0. The van der Waals surface area contributed by atoms with E-state index in [1.54, 1.807) is 4.57 Å². The summed E-state index contributed by atoms with van der Waals surface area (Å²) in [6.45, 7) is 2.76. The van der Waals surface area contributed by atoms with E-state index in [0.29, 0.717) is 22.6 Å². The van der Waals surface area contributed by atoms with E-state index in [9.17, 15) is 9.59 Å². The lowest BCUT2D eigenvalue weighted by Gasteiger charge is -2.24. The van der Waals surface area contributed by atoms with Gasteiger partial charge in [-0.1, -0.05) is 54.2 Å². The molecule has 2 saturated heterocycles. The summed E-state index contributed by atoms with van der Waals surface area (Å²) in [5.74, 6) is 0.0878. The lowest BCUT2D eigenvalue weighted by molar-refractivity contribution is -0.129. The Morgan fingerprint density at radius 3 is 2.56 bits per heavy atom. The number of hydrogen-bond donors (Lipinski definition) is 0. The van der Waals surface area contributed by atoms with Gasteiger partial charge in [0.15, 0.2) is 5.16 Å². The predicted molar refractivity (Wildman–Crippen MR) is 126 cm³/mol. The van der Waals surface area contributed by atoms with Crippen LogP contribution in [0.1, 0.15) is 36.5 Å². The SMILES string of the molecule is O=C([C@H](Sc1nc2ccccc2c(=O)n1C[C@@H]1CCCO1)c1ccccc1)N1CCCC1. The van der Waals surface area contributed by atoms with Crippen LogP contribution in [0.4, 0.5) is 0 Å². The molecule has 2 aliphatic heterocycles. The second-order valence-corrected chi connectivity index (χ2v) is 9.48. The minimum atomic E-state index is -0.446. The molecule has 0 saturated carbocycles. The number of fused-ring (bicyclic) bond motifs is 1. The molecule has 6 nitrogen and oxygen atoms in total. The summed E-state index contributed by atoms with van der Waals surface area (Å²) in [4.78, 5) is 33.8. The zero-order valence-corrected chi connectivity index (χ0v) is 18.8. The van der Waals surface area contributed by atoms with Crippen LogP contribution in [-0.2, 0) is 16.1 Å². The van der Waals surface area contributed by atoms with Crippen molar-refractivity contribution in [2.24, 2.45) is 0 Å². The Morgan fingerprint density at radius 2 is 1.81 bits per heavy atom. The van der Waals surface area contributed by atoms with Gasteiger partial charge in [-0.05, 0) is 43.4 Å². The number of thioether (sulfide) groups is 1.